The standard InChI is InChI=1S/C12H24O2/c1-6-14-9-11(13)7-10(2)8-12(3,4)5/h10H,6-9H2,1-5H3. The third kappa shape index (κ3) is 8.24. The second kappa shape index (κ2) is 6.18. The fourth-order valence-corrected chi connectivity index (χ4v) is 1.78. The second-order valence-corrected chi connectivity index (χ2v) is 5.25. The van der Waals surface area contributed by atoms with Gasteiger partial charge in [-0.15, -0.1) is 0 Å². The number of rotatable bonds is 6. The van der Waals surface area contributed by atoms with Crippen LogP contribution in [0.25, 0.3) is 0 Å². The van der Waals surface area contributed by atoms with Gasteiger partial charge in [-0.3, -0.25) is 4.79 Å². The second-order valence-electron chi connectivity index (χ2n) is 5.25. The maximum Gasteiger partial charge on any atom is 0.158 e. The van der Waals surface area contributed by atoms with E-state index in [0.717, 1.165) is 6.42 Å². The van der Waals surface area contributed by atoms with Gasteiger partial charge >= 0.3 is 0 Å². The zero-order chi connectivity index (χ0) is 11.2. The van der Waals surface area contributed by atoms with Crippen molar-refractivity contribution in [2.45, 2.75) is 47.5 Å². The summed E-state index contributed by atoms with van der Waals surface area (Å²) in [6.45, 7) is 11.6. The van der Waals surface area contributed by atoms with Gasteiger partial charge in [0.1, 0.15) is 6.61 Å². The van der Waals surface area contributed by atoms with E-state index < -0.39 is 0 Å². The van der Waals surface area contributed by atoms with Crippen LogP contribution in [0.2, 0.25) is 0 Å². The number of ketones is 1. The summed E-state index contributed by atoms with van der Waals surface area (Å²) in [5.41, 5.74) is 0.311. The number of ether oxygens (including phenoxy) is 1. The lowest BCUT2D eigenvalue weighted by atomic mass is 9.83. The minimum absolute atomic E-state index is 0.226. The zero-order valence-corrected chi connectivity index (χ0v) is 10.2. The van der Waals surface area contributed by atoms with E-state index in [1.54, 1.807) is 0 Å². The van der Waals surface area contributed by atoms with Gasteiger partial charge in [-0.1, -0.05) is 27.7 Å². The molecule has 0 rings (SSSR count). The van der Waals surface area contributed by atoms with Crippen LogP contribution in [-0.4, -0.2) is 19.0 Å². The third-order valence-corrected chi connectivity index (χ3v) is 2.00. The Hall–Kier alpha value is -0.370. The summed E-state index contributed by atoms with van der Waals surface area (Å²) in [5.74, 6) is 0.687. The molecule has 14 heavy (non-hydrogen) atoms. The van der Waals surface area contributed by atoms with Gasteiger partial charge in [0.2, 0.25) is 0 Å². The number of hydrogen-bond acceptors (Lipinski definition) is 2. The van der Waals surface area contributed by atoms with Crippen LogP contribution in [0.15, 0.2) is 0 Å². The Morgan fingerprint density at radius 1 is 1.36 bits per heavy atom. The van der Waals surface area contributed by atoms with Crippen LogP contribution in [0.4, 0.5) is 0 Å². The van der Waals surface area contributed by atoms with Crippen molar-refractivity contribution in [1.82, 2.24) is 0 Å². The van der Waals surface area contributed by atoms with E-state index in [0.29, 0.717) is 24.4 Å². The highest BCUT2D eigenvalue weighted by atomic mass is 16.5. The molecule has 2 nitrogen and oxygen atoms in total. The highest BCUT2D eigenvalue weighted by Crippen LogP contribution is 2.25. The highest BCUT2D eigenvalue weighted by molar-refractivity contribution is 5.79. The first kappa shape index (κ1) is 13.6. The smallest absolute Gasteiger partial charge is 0.158 e. The lowest BCUT2D eigenvalue weighted by molar-refractivity contribution is -0.124. The maximum absolute atomic E-state index is 11.4. The van der Waals surface area contributed by atoms with Crippen molar-refractivity contribution < 1.29 is 9.53 Å². The van der Waals surface area contributed by atoms with Gasteiger partial charge in [-0.25, -0.2) is 0 Å². The molecule has 0 aromatic rings. The Morgan fingerprint density at radius 3 is 2.36 bits per heavy atom. The van der Waals surface area contributed by atoms with Gasteiger partial charge in [0.05, 0.1) is 0 Å². The molecule has 0 amide bonds. The first-order chi connectivity index (χ1) is 6.35. The molecule has 0 aliphatic heterocycles. The third-order valence-electron chi connectivity index (χ3n) is 2.00. The topological polar surface area (TPSA) is 26.3 Å². The van der Waals surface area contributed by atoms with E-state index in [1.807, 2.05) is 6.92 Å². The number of hydrogen-bond donors (Lipinski definition) is 0. The first-order valence-corrected chi connectivity index (χ1v) is 5.44. The van der Waals surface area contributed by atoms with Crippen molar-refractivity contribution in [1.29, 1.82) is 0 Å². The summed E-state index contributed by atoms with van der Waals surface area (Å²) in [4.78, 5) is 11.4. The van der Waals surface area contributed by atoms with Crippen molar-refractivity contribution in [3.8, 4) is 0 Å². The number of carbonyl (C=O) groups excluding carboxylic acids is 1. The van der Waals surface area contributed by atoms with Crippen LogP contribution in [0, 0.1) is 11.3 Å². The van der Waals surface area contributed by atoms with Crippen LogP contribution >= 0.6 is 0 Å². The van der Waals surface area contributed by atoms with E-state index in [-0.39, 0.29) is 12.4 Å². The van der Waals surface area contributed by atoms with Crippen LogP contribution in [0.5, 0.6) is 0 Å². The van der Waals surface area contributed by atoms with E-state index in [9.17, 15) is 4.79 Å². The van der Waals surface area contributed by atoms with Crippen molar-refractivity contribution in [3.05, 3.63) is 0 Å². The predicted octanol–water partition coefficient (Wildman–Crippen LogP) is 3.05. The summed E-state index contributed by atoms with van der Waals surface area (Å²) >= 11 is 0. The molecule has 0 heterocycles. The minimum Gasteiger partial charge on any atom is -0.374 e. The van der Waals surface area contributed by atoms with E-state index >= 15 is 0 Å². The average molecular weight is 200 g/mol. The van der Waals surface area contributed by atoms with E-state index in [2.05, 4.69) is 27.7 Å². The molecule has 84 valence electrons. The Labute approximate surface area is 88.0 Å². The Morgan fingerprint density at radius 2 is 1.93 bits per heavy atom. The molecule has 0 aliphatic carbocycles. The van der Waals surface area contributed by atoms with Crippen molar-refractivity contribution in [2.24, 2.45) is 11.3 Å². The molecule has 0 spiro atoms. The monoisotopic (exact) mass is 200 g/mol. The summed E-state index contributed by atoms with van der Waals surface area (Å²) in [5, 5.41) is 0. The Kier molecular flexibility index (Phi) is 6.01. The van der Waals surface area contributed by atoms with Crippen LogP contribution in [-0.2, 0) is 9.53 Å². The molecule has 1 atom stereocenters. The quantitative estimate of drug-likeness (QED) is 0.658. The van der Waals surface area contributed by atoms with Crippen LogP contribution in [0.3, 0.4) is 0 Å². The van der Waals surface area contributed by atoms with Gasteiger partial charge in [0.25, 0.3) is 0 Å². The molecule has 0 saturated heterocycles. The van der Waals surface area contributed by atoms with Gasteiger partial charge in [0, 0.05) is 13.0 Å². The Balaban J connectivity index is 3.71. The first-order valence-electron chi connectivity index (χ1n) is 5.44. The van der Waals surface area contributed by atoms with E-state index in [1.165, 1.54) is 0 Å². The van der Waals surface area contributed by atoms with Crippen molar-refractivity contribution >= 4 is 5.78 Å². The van der Waals surface area contributed by atoms with Gasteiger partial charge in [0.15, 0.2) is 5.78 Å². The lowest BCUT2D eigenvalue weighted by Crippen LogP contribution is -2.17. The SMILES string of the molecule is CCOCC(=O)CC(C)CC(C)(C)C. The normalized spacial score (nSPS) is 14.1. The molecule has 2 heteroatoms. The predicted molar refractivity (Wildman–Crippen MR) is 59.4 cm³/mol. The molecular formula is C12H24O2. The molecular weight excluding hydrogens is 176 g/mol. The van der Waals surface area contributed by atoms with Crippen molar-refractivity contribution in [3.63, 3.8) is 0 Å². The highest BCUT2D eigenvalue weighted by Gasteiger charge is 2.17. The molecule has 0 aromatic heterocycles. The summed E-state index contributed by atoms with van der Waals surface area (Å²) < 4.78 is 5.08. The minimum atomic E-state index is 0.226. The van der Waals surface area contributed by atoms with Crippen LogP contribution < -0.4 is 0 Å². The van der Waals surface area contributed by atoms with Gasteiger partial charge in [-0.05, 0) is 24.7 Å². The molecule has 0 saturated carbocycles. The summed E-state index contributed by atoms with van der Waals surface area (Å²) in [6.07, 6.45) is 1.74. The molecule has 0 aromatic carbocycles. The molecule has 0 radical (unpaired) electrons. The molecule has 0 fully saturated rings. The summed E-state index contributed by atoms with van der Waals surface area (Å²) in [6, 6.07) is 0. The van der Waals surface area contributed by atoms with E-state index in [4.69, 9.17) is 4.74 Å². The molecule has 1 unspecified atom stereocenters. The average Bonchev–Trinajstić information content (AvgIpc) is 1.96. The van der Waals surface area contributed by atoms with Gasteiger partial charge < -0.3 is 4.74 Å². The molecule has 0 bridgehead atoms. The number of carbonyl (C=O) groups is 1. The van der Waals surface area contributed by atoms with Crippen LogP contribution in [0.1, 0.15) is 47.5 Å². The fraction of sp³-hybridized carbons (Fsp3) is 0.917. The summed E-state index contributed by atoms with van der Waals surface area (Å²) in [7, 11) is 0. The lowest BCUT2D eigenvalue weighted by Gasteiger charge is -2.22. The largest absolute Gasteiger partial charge is 0.374 e. The maximum atomic E-state index is 11.4. The Bertz CT molecular complexity index is 168. The molecule has 0 N–H and O–H groups in total. The van der Waals surface area contributed by atoms with Gasteiger partial charge in [-0.2, -0.15) is 0 Å². The molecule has 0 aliphatic rings. The zero-order valence-electron chi connectivity index (χ0n) is 10.2. The fourth-order valence-electron chi connectivity index (χ4n) is 1.78. The number of Topliss-reactive ketones (excluding diaryl/α,β-unsaturated/α-hetero) is 1. The van der Waals surface area contributed by atoms with Crippen molar-refractivity contribution in [2.75, 3.05) is 13.2 Å².